The van der Waals surface area contributed by atoms with Gasteiger partial charge in [0.05, 0.1) is 4.47 Å². The van der Waals surface area contributed by atoms with Gasteiger partial charge in [-0.05, 0) is 60.9 Å². The van der Waals surface area contributed by atoms with Gasteiger partial charge in [-0.25, -0.2) is 8.78 Å². The van der Waals surface area contributed by atoms with Gasteiger partial charge in [-0.3, -0.25) is 0 Å². The highest BCUT2D eigenvalue weighted by atomic mass is 79.9. The second-order valence-electron chi connectivity index (χ2n) is 5.30. The fourth-order valence-corrected chi connectivity index (χ4v) is 2.98. The van der Waals surface area contributed by atoms with Gasteiger partial charge >= 0.3 is 0 Å². The molecule has 0 radical (unpaired) electrons. The molecule has 0 bridgehead atoms. The number of aryl methyl sites for hydroxylation is 2. The average Bonchev–Trinajstić information content (AvgIpc) is 2.41. The van der Waals surface area contributed by atoms with E-state index in [0.29, 0.717) is 6.42 Å². The van der Waals surface area contributed by atoms with Crippen molar-refractivity contribution in [3.05, 3.63) is 68.7 Å². The maximum absolute atomic E-state index is 14.2. The minimum Gasteiger partial charge on any atom is -0.313 e. The fraction of sp³-hybridized carbons (Fsp3) is 0.294. The summed E-state index contributed by atoms with van der Waals surface area (Å²) in [5.41, 5.74) is 3.43. The molecule has 0 saturated carbocycles. The van der Waals surface area contributed by atoms with E-state index in [2.05, 4.69) is 27.3 Å². The van der Waals surface area contributed by atoms with Crippen LogP contribution in [-0.2, 0) is 6.42 Å². The summed E-state index contributed by atoms with van der Waals surface area (Å²) in [6, 6.07) is 8.43. The van der Waals surface area contributed by atoms with Crippen molar-refractivity contribution < 1.29 is 8.78 Å². The minimum absolute atomic E-state index is 0.0750. The number of rotatable bonds is 4. The Morgan fingerprint density at radius 3 is 2.29 bits per heavy atom. The number of hydrogen-bond donors (Lipinski definition) is 1. The number of nitrogens with one attached hydrogen (secondary N) is 1. The van der Waals surface area contributed by atoms with Gasteiger partial charge in [0.15, 0.2) is 0 Å². The zero-order valence-electron chi connectivity index (χ0n) is 12.3. The number of benzene rings is 2. The quantitative estimate of drug-likeness (QED) is 0.775. The second kappa shape index (κ2) is 6.67. The Hall–Kier alpha value is -1.26. The van der Waals surface area contributed by atoms with Gasteiger partial charge in [0.25, 0.3) is 0 Å². The van der Waals surface area contributed by atoms with Gasteiger partial charge in [0.1, 0.15) is 11.6 Å². The lowest BCUT2D eigenvalue weighted by Crippen LogP contribution is -2.22. The van der Waals surface area contributed by atoms with Crippen molar-refractivity contribution in [2.75, 3.05) is 7.05 Å². The van der Waals surface area contributed by atoms with Crippen LogP contribution >= 0.6 is 15.9 Å². The van der Waals surface area contributed by atoms with E-state index in [9.17, 15) is 8.78 Å². The third-order valence-corrected chi connectivity index (χ3v) is 4.11. The third-order valence-electron chi connectivity index (χ3n) is 3.50. The number of halogens is 3. The Morgan fingerprint density at radius 2 is 1.71 bits per heavy atom. The van der Waals surface area contributed by atoms with Crippen LogP contribution in [0.5, 0.6) is 0 Å². The predicted octanol–water partition coefficient (Wildman–Crippen LogP) is 4.85. The first-order chi connectivity index (χ1) is 9.92. The van der Waals surface area contributed by atoms with Crippen molar-refractivity contribution in [1.82, 2.24) is 5.32 Å². The molecule has 0 aliphatic carbocycles. The zero-order chi connectivity index (χ0) is 15.6. The van der Waals surface area contributed by atoms with E-state index in [-0.39, 0.29) is 10.0 Å². The predicted molar refractivity (Wildman–Crippen MR) is 85.5 cm³/mol. The molecule has 0 aromatic heterocycles. The zero-order valence-corrected chi connectivity index (χ0v) is 13.9. The molecule has 2 rings (SSSR count). The van der Waals surface area contributed by atoms with Crippen LogP contribution in [-0.4, -0.2) is 7.05 Å². The Kier molecular flexibility index (Phi) is 5.12. The van der Waals surface area contributed by atoms with Crippen LogP contribution in [0.4, 0.5) is 8.78 Å². The highest BCUT2D eigenvalue weighted by Crippen LogP contribution is 2.29. The van der Waals surface area contributed by atoms with E-state index in [0.717, 1.165) is 16.7 Å². The van der Waals surface area contributed by atoms with Crippen molar-refractivity contribution in [3.63, 3.8) is 0 Å². The second-order valence-corrected chi connectivity index (χ2v) is 6.15. The first kappa shape index (κ1) is 16.1. The standard InChI is InChI=1S/C17H18BrF2N/c1-10-6-11(2)8-12(7-10)9-15(21-3)16-14(19)5-4-13(18)17(16)20/h4-8,15,21H,9H2,1-3H3. The van der Waals surface area contributed by atoms with E-state index in [1.54, 1.807) is 7.05 Å². The molecule has 0 heterocycles. The van der Waals surface area contributed by atoms with Crippen molar-refractivity contribution >= 4 is 15.9 Å². The van der Waals surface area contributed by atoms with Crippen molar-refractivity contribution in [2.45, 2.75) is 26.3 Å². The van der Waals surface area contributed by atoms with E-state index >= 15 is 0 Å². The van der Waals surface area contributed by atoms with E-state index in [1.807, 2.05) is 26.0 Å². The maximum atomic E-state index is 14.2. The SMILES string of the molecule is CNC(Cc1cc(C)cc(C)c1)c1c(F)ccc(Br)c1F. The number of likely N-dealkylation sites (N-methyl/N-ethyl adjacent to an activating group) is 1. The van der Waals surface area contributed by atoms with E-state index in [1.165, 1.54) is 12.1 Å². The first-order valence-corrected chi connectivity index (χ1v) is 7.59. The van der Waals surface area contributed by atoms with Crippen LogP contribution in [0.15, 0.2) is 34.8 Å². The van der Waals surface area contributed by atoms with E-state index in [4.69, 9.17) is 0 Å². The molecule has 0 saturated heterocycles. The molecule has 0 aliphatic heterocycles. The maximum Gasteiger partial charge on any atom is 0.145 e. The molecular weight excluding hydrogens is 336 g/mol. The molecule has 0 spiro atoms. The Balaban J connectivity index is 2.39. The molecule has 2 aromatic rings. The summed E-state index contributed by atoms with van der Waals surface area (Å²) < 4.78 is 28.5. The highest BCUT2D eigenvalue weighted by molar-refractivity contribution is 9.10. The lowest BCUT2D eigenvalue weighted by Gasteiger charge is -2.19. The Labute approximate surface area is 132 Å². The molecule has 21 heavy (non-hydrogen) atoms. The summed E-state index contributed by atoms with van der Waals surface area (Å²) in [6.07, 6.45) is 0.531. The highest BCUT2D eigenvalue weighted by Gasteiger charge is 2.21. The molecule has 1 N–H and O–H groups in total. The molecule has 1 atom stereocenters. The topological polar surface area (TPSA) is 12.0 Å². The molecule has 1 nitrogen and oxygen atoms in total. The van der Waals surface area contributed by atoms with Gasteiger partial charge in [-0.1, -0.05) is 29.3 Å². The average molecular weight is 354 g/mol. The third kappa shape index (κ3) is 3.69. The normalized spacial score (nSPS) is 12.5. The van der Waals surface area contributed by atoms with Crippen LogP contribution in [0.1, 0.15) is 28.3 Å². The van der Waals surface area contributed by atoms with Gasteiger partial charge < -0.3 is 5.32 Å². The monoisotopic (exact) mass is 353 g/mol. The molecular formula is C17H18BrF2N. The van der Waals surface area contributed by atoms with Crippen LogP contribution < -0.4 is 5.32 Å². The molecule has 0 fully saturated rings. The van der Waals surface area contributed by atoms with Gasteiger partial charge in [-0.2, -0.15) is 0 Å². The summed E-state index contributed by atoms with van der Waals surface area (Å²) in [4.78, 5) is 0. The Bertz CT molecular complexity index is 635. The minimum atomic E-state index is -0.543. The van der Waals surface area contributed by atoms with Crippen LogP contribution in [0.3, 0.4) is 0 Å². The summed E-state index contributed by atoms with van der Waals surface area (Å²) in [5.74, 6) is -1.07. The summed E-state index contributed by atoms with van der Waals surface area (Å²) in [7, 11) is 1.72. The largest absolute Gasteiger partial charge is 0.313 e. The van der Waals surface area contributed by atoms with Gasteiger partial charge in [0.2, 0.25) is 0 Å². The van der Waals surface area contributed by atoms with Crippen LogP contribution in [0, 0.1) is 25.5 Å². The van der Waals surface area contributed by atoms with E-state index < -0.39 is 17.7 Å². The van der Waals surface area contributed by atoms with Gasteiger partial charge in [0, 0.05) is 11.6 Å². The Morgan fingerprint density at radius 1 is 1.10 bits per heavy atom. The summed E-state index contributed by atoms with van der Waals surface area (Å²) in [6.45, 7) is 4.04. The van der Waals surface area contributed by atoms with Crippen molar-refractivity contribution in [2.24, 2.45) is 0 Å². The molecule has 0 aliphatic rings. The lowest BCUT2D eigenvalue weighted by atomic mass is 9.96. The lowest BCUT2D eigenvalue weighted by molar-refractivity contribution is 0.486. The van der Waals surface area contributed by atoms with Crippen LogP contribution in [0.2, 0.25) is 0 Å². The fourth-order valence-electron chi connectivity index (χ4n) is 2.63. The van der Waals surface area contributed by atoms with Crippen LogP contribution in [0.25, 0.3) is 0 Å². The molecule has 4 heteroatoms. The number of hydrogen-bond acceptors (Lipinski definition) is 1. The molecule has 1 unspecified atom stereocenters. The first-order valence-electron chi connectivity index (χ1n) is 6.80. The smallest absolute Gasteiger partial charge is 0.145 e. The molecule has 112 valence electrons. The van der Waals surface area contributed by atoms with Crippen molar-refractivity contribution in [1.29, 1.82) is 0 Å². The van der Waals surface area contributed by atoms with Crippen molar-refractivity contribution in [3.8, 4) is 0 Å². The molecule has 0 amide bonds. The summed E-state index contributed by atoms with van der Waals surface area (Å²) in [5, 5.41) is 3.01. The molecule has 2 aromatic carbocycles. The summed E-state index contributed by atoms with van der Waals surface area (Å²) >= 11 is 3.12. The van der Waals surface area contributed by atoms with Gasteiger partial charge in [-0.15, -0.1) is 0 Å².